The topological polar surface area (TPSA) is 42.1 Å². The van der Waals surface area contributed by atoms with E-state index in [1.165, 1.54) is 0 Å². The second kappa shape index (κ2) is 5.12. The van der Waals surface area contributed by atoms with Crippen LogP contribution in [0.3, 0.4) is 0 Å². The molecule has 0 aromatic rings. The number of esters is 1. The van der Waals surface area contributed by atoms with Crippen molar-refractivity contribution in [1.82, 2.24) is 4.90 Å². The molecule has 1 aliphatic rings. The number of hydrogen-bond acceptors (Lipinski definition) is 4. The molecule has 0 amide bonds. The van der Waals surface area contributed by atoms with Gasteiger partial charge in [-0.2, -0.15) is 0 Å². The molecule has 4 nitrogen and oxygen atoms in total. The van der Waals surface area contributed by atoms with E-state index < -0.39 is 0 Å². The zero-order chi connectivity index (χ0) is 10.6. The standard InChI is InChI=1S/C10H17NO3/c1-4-11(5-2)7-14-10(12)8(3)9-6-13-9/h9H,3-7H2,1-2H3. The fourth-order valence-electron chi connectivity index (χ4n) is 1.03. The highest BCUT2D eigenvalue weighted by atomic mass is 16.6. The van der Waals surface area contributed by atoms with Crippen LogP contribution in [-0.4, -0.2) is 43.4 Å². The van der Waals surface area contributed by atoms with Gasteiger partial charge in [0.25, 0.3) is 0 Å². The van der Waals surface area contributed by atoms with Gasteiger partial charge in [-0.15, -0.1) is 0 Å². The van der Waals surface area contributed by atoms with E-state index in [2.05, 4.69) is 6.58 Å². The Kier molecular flexibility index (Phi) is 4.10. The predicted octanol–water partition coefficient (Wildman–Crippen LogP) is 0.784. The maximum atomic E-state index is 11.3. The molecule has 0 bridgehead atoms. The number of carbonyl (C=O) groups excluding carboxylic acids is 1. The first-order valence-electron chi connectivity index (χ1n) is 4.88. The zero-order valence-corrected chi connectivity index (χ0v) is 8.78. The smallest absolute Gasteiger partial charge is 0.337 e. The molecule has 1 aliphatic heterocycles. The van der Waals surface area contributed by atoms with Crippen molar-refractivity contribution in [3.63, 3.8) is 0 Å². The van der Waals surface area contributed by atoms with Crippen LogP contribution in [0, 0.1) is 0 Å². The third-order valence-electron chi connectivity index (χ3n) is 2.26. The molecule has 1 atom stereocenters. The summed E-state index contributed by atoms with van der Waals surface area (Å²) < 4.78 is 9.99. The van der Waals surface area contributed by atoms with Crippen molar-refractivity contribution in [2.45, 2.75) is 20.0 Å². The summed E-state index contributed by atoms with van der Waals surface area (Å²) in [6, 6.07) is 0. The first-order valence-corrected chi connectivity index (χ1v) is 4.88. The Morgan fingerprint density at radius 2 is 2.14 bits per heavy atom. The van der Waals surface area contributed by atoms with Crippen LogP contribution in [0.1, 0.15) is 13.8 Å². The Hall–Kier alpha value is -0.870. The molecule has 4 heteroatoms. The number of hydrogen-bond donors (Lipinski definition) is 0. The maximum Gasteiger partial charge on any atom is 0.337 e. The molecule has 14 heavy (non-hydrogen) atoms. The molecule has 0 radical (unpaired) electrons. The molecule has 0 saturated carbocycles. The minimum absolute atomic E-state index is 0.0980. The van der Waals surface area contributed by atoms with Gasteiger partial charge in [0.15, 0.2) is 0 Å². The highest BCUT2D eigenvalue weighted by Crippen LogP contribution is 2.18. The van der Waals surface area contributed by atoms with Crippen LogP contribution < -0.4 is 0 Å². The van der Waals surface area contributed by atoms with E-state index in [1.54, 1.807) is 0 Å². The number of rotatable bonds is 6. The number of carbonyl (C=O) groups is 1. The van der Waals surface area contributed by atoms with Crippen molar-refractivity contribution in [3.05, 3.63) is 12.2 Å². The van der Waals surface area contributed by atoms with Gasteiger partial charge in [0.05, 0.1) is 12.2 Å². The minimum Gasteiger partial charge on any atom is -0.446 e. The van der Waals surface area contributed by atoms with Crippen LogP contribution in [-0.2, 0) is 14.3 Å². The van der Waals surface area contributed by atoms with Crippen molar-refractivity contribution < 1.29 is 14.3 Å². The van der Waals surface area contributed by atoms with Crippen LogP contribution in [0.4, 0.5) is 0 Å². The van der Waals surface area contributed by atoms with E-state index in [1.807, 2.05) is 18.7 Å². The van der Waals surface area contributed by atoms with Gasteiger partial charge in [-0.05, 0) is 13.1 Å². The summed E-state index contributed by atoms with van der Waals surface area (Å²) in [6.45, 7) is 10.3. The van der Waals surface area contributed by atoms with Crippen molar-refractivity contribution in [1.29, 1.82) is 0 Å². The van der Waals surface area contributed by atoms with Crippen LogP contribution in [0.25, 0.3) is 0 Å². The molecular formula is C10H17NO3. The van der Waals surface area contributed by atoms with E-state index in [0.29, 0.717) is 18.9 Å². The average molecular weight is 199 g/mol. The lowest BCUT2D eigenvalue weighted by molar-refractivity contribution is -0.143. The first-order chi connectivity index (χ1) is 6.69. The zero-order valence-electron chi connectivity index (χ0n) is 8.78. The monoisotopic (exact) mass is 199 g/mol. The molecule has 0 N–H and O–H groups in total. The molecule has 0 spiro atoms. The van der Waals surface area contributed by atoms with Crippen molar-refractivity contribution in [2.24, 2.45) is 0 Å². The highest BCUT2D eigenvalue weighted by molar-refractivity contribution is 5.89. The van der Waals surface area contributed by atoms with Gasteiger partial charge in [0.1, 0.15) is 12.8 Å². The lowest BCUT2D eigenvalue weighted by atomic mass is 10.2. The third kappa shape index (κ3) is 3.12. The summed E-state index contributed by atoms with van der Waals surface area (Å²) >= 11 is 0. The molecular weight excluding hydrogens is 182 g/mol. The van der Waals surface area contributed by atoms with Gasteiger partial charge in [-0.25, -0.2) is 4.79 Å². The fourth-order valence-corrected chi connectivity index (χ4v) is 1.03. The summed E-state index contributed by atoms with van der Waals surface area (Å²) in [7, 11) is 0. The summed E-state index contributed by atoms with van der Waals surface area (Å²) in [5, 5.41) is 0. The van der Waals surface area contributed by atoms with E-state index in [0.717, 1.165) is 13.1 Å². The molecule has 0 aromatic carbocycles. The van der Waals surface area contributed by atoms with Gasteiger partial charge in [0.2, 0.25) is 0 Å². The van der Waals surface area contributed by atoms with Gasteiger partial charge in [-0.1, -0.05) is 20.4 Å². The molecule has 1 heterocycles. The molecule has 0 aliphatic carbocycles. The fraction of sp³-hybridized carbons (Fsp3) is 0.700. The molecule has 1 saturated heterocycles. The van der Waals surface area contributed by atoms with Gasteiger partial charge in [0, 0.05) is 0 Å². The summed E-state index contributed by atoms with van der Waals surface area (Å²) in [6.07, 6.45) is -0.0980. The number of epoxide rings is 1. The minimum atomic E-state index is -0.348. The van der Waals surface area contributed by atoms with Crippen LogP contribution >= 0.6 is 0 Å². The SMILES string of the molecule is C=C(C(=O)OCN(CC)CC)C1CO1. The van der Waals surface area contributed by atoms with E-state index in [9.17, 15) is 4.79 Å². The summed E-state index contributed by atoms with van der Waals surface area (Å²) in [4.78, 5) is 13.3. The van der Waals surface area contributed by atoms with Gasteiger partial charge >= 0.3 is 5.97 Å². The Balaban J connectivity index is 2.22. The van der Waals surface area contributed by atoms with Gasteiger partial charge in [-0.3, -0.25) is 4.90 Å². The van der Waals surface area contributed by atoms with Crippen LogP contribution in [0.5, 0.6) is 0 Å². The van der Waals surface area contributed by atoms with Crippen LogP contribution in [0.15, 0.2) is 12.2 Å². The lowest BCUT2D eigenvalue weighted by Gasteiger charge is -2.17. The predicted molar refractivity (Wildman–Crippen MR) is 52.8 cm³/mol. The van der Waals surface area contributed by atoms with E-state index in [4.69, 9.17) is 9.47 Å². The number of ether oxygens (including phenoxy) is 2. The van der Waals surface area contributed by atoms with Crippen molar-refractivity contribution in [2.75, 3.05) is 26.4 Å². The van der Waals surface area contributed by atoms with E-state index in [-0.39, 0.29) is 12.1 Å². The lowest BCUT2D eigenvalue weighted by Crippen LogP contribution is -2.28. The van der Waals surface area contributed by atoms with Gasteiger partial charge < -0.3 is 9.47 Å². The molecule has 1 unspecified atom stereocenters. The first kappa shape index (κ1) is 11.2. The Morgan fingerprint density at radius 3 is 2.57 bits per heavy atom. The third-order valence-corrected chi connectivity index (χ3v) is 2.26. The molecule has 80 valence electrons. The average Bonchev–Trinajstić information content (AvgIpc) is 3.01. The Bertz CT molecular complexity index is 219. The normalized spacial score (nSPS) is 19.5. The van der Waals surface area contributed by atoms with Crippen molar-refractivity contribution in [3.8, 4) is 0 Å². The second-order valence-corrected chi connectivity index (χ2v) is 3.21. The largest absolute Gasteiger partial charge is 0.446 e. The Labute approximate surface area is 84.5 Å². The molecule has 0 aromatic heterocycles. The maximum absolute atomic E-state index is 11.3. The molecule has 1 rings (SSSR count). The number of nitrogens with zero attached hydrogens (tertiary/aromatic N) is 1. The quantitative estimate of drug-likeness (QED) is 0.274. The highest BCUT2D eigenvalue weighted by Gasteiger charge is 2.31. The van der Waals surface area contributed by atoms with E-state index >= 15 is 0 Å². The summed E-state index contributed by atoms with van der Waals surface area (Å²) in [5.41, 5.74) is 0.428. The van der Waals surface area contributed by atoms with Crippen molar-refractivity contribution >= 4 is 5.97 Å². The Morgan fingerprint density at radius 1 is 1.57 bits per heavy atom. The summed E-state index contributed by atoms with van der Waals surface area (Å²) in [5.74, 6) is -0.348. The molecule has 1 fully saturated rings. The second-order valence-electron chi connectivity index (χ2n) is 3.21. The van der Waals surface area contributed by atoms with Crippen LogP contribution in [0.2, 0.25) is 0 Å².